The first kappa shape index (κ1) is 11.0. The van der Waals surface area contributed by atoms with Crippen molar-refractivity contribution < 1.29 is 29.3 Å². The number of hydrogen-bond donors (Lipinski definition) is 3. The predicted octanol–water partition coefficient (Wildman–Crippen LogP) is -0.103. The fraction of sp³-hybridized carbons (Fsp3) is 0.600. The third-order valence-electron chi connectivity index (χ3n) is 1.15. The molecule has 68 valence electrons. The zero-order valence-electron chi connectivity index (χ0n) is 6.01. The van der Waals surface area contributed by atoms with Crippen LogP contribution in [-0.2, 0) is 14.2 Å². The highest BCUT2D eigenvalue weighted by Gasteiger charge is 2.29. The summed E-state index contributed by atoms with van der Waals surface area (Å²) in [7, 11) is -2.60. The Kier molecular flexibility index (Phi) is 4.39. The monoisotopic (exact) mass is 195 g/mol. The largest absolute Gasteiger partial charge is 0.506 e. The standard InChI is InChI=1S/C5H7O6P/c6-4(7)1-3(5(8)9)2-12(10)11/h3H,1-2H2,(H2-,6,7,8,9,10,11)/p+1/t3-/m1/s1. The maximum atomic E-state index is 10.3. The second kappa shape index (κ2) is 4.79. The van der Waals surface area contributed by atoms with E-state index in [1.165, 1.54) is 0 Å². The lowest BCUT2D eigenvalue weighted by atomic mass is 10.1. The molecule has 7 heteroatoms. The van der Waals surface area contributed by atoms with Crippen LogP contribution in [0.4, 0.5) is 0 Å². The van der Waals surface area contributed by atoms with Crippen LogP contribution in [0, 0.1) is 5.92 Å². The van der Waals surface area contributed by atoms with Gasteiger partial charge in [0.05, 0.1) is 6.42 Å². The van der Waals surface area contributed by atoms with Gasteiger partial charge in [0.2, 0.25) is 0 Å². The Bertz CT molecular complexity index is 196. The van der Waals surface area contributed by atoms with Crippen LogP contribution >= 0.6 is 8.03 Å². The summed E-state index contributed by atoms with van der Waals surface area (Å²) < 4.78 is 10.2. The van der Waals surface area contributed by atoms with Crippen LogP contribution in [0.15, 0.2) is 0 Å². The van der Waals surface area contributed by atoms with E-state index in [0.29, 0.717) is 0 Å². The van der Waals surface area contributed by atoms with Crippen molar-refractivity contribution in [3.63, 3.8) is 0 Å². The van der Waals surface area contributed by atoms with E-state index in [2.05, 4.69) is 0 Å². The molecule has 0 fully saturated rings. The Morgan fingerprint density at radius 1 is 1.33 bits per heavy atom. The predicted molar refractivity (Wildman–Crippen MR) is 38.1 cm³/mol. The van der Waals surface area contributed by atoms with Gasteiger partial charge in [0.1, 0.15) is 5.92 Å². The van der Waals surface area contributed by atoms with Crippen LogP contribution in [0.5, 0.6) is 0 Å². The quantitative estimate of drug-likeness (QED) is 0.528. The zero-order valence-corrected chi connectivity index (χ0v) is 6.90. The highest BCUT2D eigenvalue weighted by molar-refractivity contribution is 7.38. The van der Waals surface area contributed by atoms with Gasteiger partial charge in [0.15, 0.2) is 6.16 Å². The number of hydrogen-bond acceptors (Lipinski definition) is 3. The van der Waals surface area contributed by atoms with E-state index >= 15 is 0 Å². The SMILES string of the molecule is O=C(O)C[C@H](C[P+](=O)O)C(=O)O. The molecule has 0 radical (unpaired) electrons. The van der Waals surface area contributed by atoms with Crippen LogP contribution in [0.2, 0.25) is 0 Å². The van der Waals surface area contributed by atoms with Crippen molar-refractivity contribution in [3.8, 4) is 0 Å². The maximum absolute atomic E-state index is 10.3. The molecule has 0 spiro atoms. The molecule has 0 rings (SSSR count). The van der Waals surface area contributed by atoms with E-state index in [1.54, 1.807) is 0 Å². The summed E-state index contributed by atoms with van der Waals surface area (Å²) in [5, 5.41) is 16.6. The van der Waals surface area contributed by atoms with Gasteiger partial charge in [-0.15, -0.1) is 0 Å². The Morgan fingerprint density at radius 3 is 2.08 bits per heavy atom. The topological polar surface area (TPSA) is 112 Å². The molecule has 0 amide bonds. The van der Waals surface area contributed by atoms with Gasteiger partial charge in [0, 0.05) is 0 Å². The second-order valence-electron chi connectivity index (χ2n) is 2.17. The summed E-state index contributed by atoms with van der Waals surface area (Å²) in [5.74, 6) is -3.94. The van der Waals surface area contributed by atoms with Gasteiger partial charge in [-0.3, -0.25) is 9.59 Å². The van der Waals surface area contributed by atoms with Crippen molar-refractivity contribution in [2.24, 2.45) is 5.92 Å². The molecule has 0 heterocycles. The van der Waals surface area contributed by atoms with Crippen LogP contribution in [-0.4, -0.2) is 33.2 Å². The van der Waals surface area contributed by atoms with Crippen molar-refractivity contribution in [1.29, 1.82) is 0 Å². The van der Waals surface area contributed by atoms with Crippen molar-refractivity contribution in [3.05, 3.63) is 0 Å². The van der Waals surface area contributed by atoms with Crippen molar-refractivity contribution in [2.75, 3.05) is 6.16 Å². The van der Waals surface area contributed by atoms with E-state index in [-0.39, 0.29) is 0 Å². The molecule has 0 bridgehead atoms. The third-order valence-corrected chi connectivity index (χ3v) is 1.90. The molecular weight excluding hydrogens is 187 g/mol. The average molecular weight is 195 g/mol. The first-order chi connectivity index (χ1) is 5.43. The van der Waals surface area contributed by atoms with E-state index in [0.717, 1.165) is 0 Å². The molecule has 0 aromatic rings. The molecule has 2 atom stereocenters. The summed E-state index contributed by atoms with van der Waals surface area (Å²) in [5.41, 5.74) is 0. The number of carbonyl (C=O) groups is 2. The summed E-state index contributed by atoms with van der Waals surface area (Å²) in [6, 6.07) is 0. The Morgan fingerprint density at radius 2 is 1.83 bits per heavy atom. The smallest absolute Gasteiger partial charge is 0.481 e. The molecule has 0 saturated carbocycles. The average Bonchev–Trinajstić information content (AvgIpc) is 1.83. The van der Waals surface area contributed by atoms with Crippen molar-refractivity contribution in [2.45, 2.75) is 6.42 Å². The lowest BCUT2D eigenvalue weighted by Crippen LogP contribution is -2.19. The van der Waals surface area contributed by atoms with E-state index < -0.39 is 38.5 Å². The highest BCUT2D eigenvalue weighted by atomic mass is 31.1. The molecular formula is C5H8O6P+. The minimum absolute atomic E-state index is 0.517. The summed E-state index contributed by atoms with van der Waals surface area (Å²) in [4.78, 5) is 28.7. The van der Waals surface area contributed by atoms with Gasteiger partial charge < -0.3 is 10.2 Å². The van der Waals surface area contributed by atoms with Crippen molar-refractivity contribution in [1.82, 2.24) is 0 Å². The van der Waals surface area contributed by atoms with Crippen LogP contribution in [0.3, 0.4) is 0 Å². The van der Waals surface area contributed by atoms with E-state index in [9.17, 15) is 14.2 Å². The van der Waals surface area contributed by atoms with E-state index in [1.807, 2.05) is 0 Å². The Hall–Kier alpha value is -1.00. The van der Waals surface area contributed by atoms with Crippen molar-refractivity contribution >= 4 is 20.0 Å². The lowest BCUT2D eigenvalue weighted by Gasteiger charge is -2.00. The summed E-state index contributed by atoms with van der Waals surface area (Å²) in [6.07, 6.45) is -1.14. The van der Waals surface area contributed by atoms with Gasteiger partial charge in [0.25, 0.3) is 0 Å². The molecule has 6 nitrogen and oxygen atoms in total. The maximum Gasteiger partial charge on any atom is 0.506 e. The van der Waals surface area contributed by atoms with Gasteiger partial charge in [-0.2, -0.15) is 4.89 Å². The molecule has 3 N–H and O–H groups in total. The molecule has 0 aromatic carbocycles. The molecule has 0 aliphatic heterocycles. The first-order valence-electron chi connectivity index (χ1n) is 3.01. The first-order valence-corrected chi connectivity index (χ1v) is 4.41. The number of rotatable bonds is 5. The molecule has 0 aliphatic rings. The second-order valence-corrected chi connectivity index (χ2v) is 3.24. The number of carboxylic acid groups (broad SMARTS) is 2. The fourth-order valence-electron chi connectivity index (χ4n) is 0.629. The van der Waals surface area contributed by atoms with Gasteiger partial charge in [-0.05, 0) is 4.57 Å². The van der Waals surface area contributed by atoms with Crippen LogP contribution in [0.25, 0.3) is 0 Å². The molecule has 0 saturated heterocycles. The van der Waals surface area contributed by atoms with Crippen LogP contribution < -0.4 is 0 Å². The lowest BCUT2D eigenvalue weighted by molar-refractivity contribution is -0.147. The third kappa shape index (κ3) is 4.76. The Balaban J connectivity index is 4.14. The molecule has 0 aliphatic carbocycles. The Labute approximate surface area is 68.7 Å². The summed E-state index contributed by atoms with van der Waals surface area (Å²) in [6.45, 7) is 0. The molecule has 0 aromatic heterocycles. The van der Waals surface area contributed by atoms with Gasteiger partial charge in [-0.1, -0.05) is 0 Å². The summed E-state index contributed by atoms with van der Waals surface area (Å²) >= 11 is 0. The molecule has 12 heavy (non-hydrogen) atoms. The minimum atomic E-state index is -2.60. The van der Waals surface area contributed by atoms with Gasteiger partial charge >= 0.3 is 20.0 Å². The fourth-order valence-corrected chi connectivity index (χ4v) is 1.29. The zero-order chi connectivity index (χ0) is 9.72. The molecule has 1 unspecified atom stereocenters. The number of aliphatic carboxylic acids is 2. The minimum Gasteiger partial charge on any atom is -0.481 e. The highest BCUT2D eigenvalue weighted by Crippen LogP contribution is 2.20. The normalized spacial score (nSPS) is 13.6. The number of carboxylic acids is 2. The van der Waals surface area contributed by atoms with Gasteiger partial charge in [-0.25, -0.2) is 0 Å². The van der Waals surface area contributed by atoms with Crippen LogP contribution in [0.1, 0.15) is 6.42 Å². The van der Waals surface area contributed by atoms with E-state index in [4.69, 9.17) is 15.1 Å².